The molecule has 8 heteroatoms. The number of aryl methyl sites for hydroxylation is 1. The Bertz CT molecular complexity index is 1460. The molecule has 1 aliphatic carbocycles. The van der Waals surface area contributed by atoms with E-state index in [-0.39, 0.29) is 33.7 Å². The van der Waals surface area contributed by atoms with Gasteiger partial charge in [-0.3, -0.25) is 9.59 Å². The van der Waals surface area contributed by atoms with Crippen molar-refractivity contribution in [3.8, 4) is 5.75 Å². The summed E-state index contributed by atoms with van der Waals surface area (Å²) >= 11 is 0. The van der Waals surface area contributed by atoms with E-state index in [1.807, 2.05) is 13.8 Å². The molecule has 2 unspecified atom stereocenters. The Morgan fingerprint density at radius 3 is 2.22 bits per heavy atom. The van der Waals surface area contributed by atoms with Crippen molar-refractivity contribution in [3.05, 3.63) is 74.1 Å². The average Bonchev–Trinajstić information content (AvgIpc) is 3.05. The number of hydrogen-bond acceptors (Lipinski definition) is 8. The minimum absolute atomic E-state index is 0.147. The van der Waals surface area contributed by atoms with Crippen LogP contribution in [0.25, 0.3) is 11.0 Å². The van der Waals surface area contributed by atoms with Crippen LogP contribution in [0.4, 0.5) is 0 Å². The normalized spacial score (nSPS) is 24.0. The van der Waals surface area contributed by atoms with E-state index in [4.69, 9.17) is 28.1 Å². The zero-order valence-corrected chi connectivity index (χ0v) is 21.7. The molecule has 2 atom stereocenters. The first-order valence-electron chi connectivity index (χ1n) is 11.8. The summed E-state index contributed by atoms with van der Waals surface area (Å²) < 4.78 is 36.1. The van der Waals surface area contributed by atoms with Crippen LogP contribution in [0.2, 0.25) is 0 Å². The van der Waals surface area contributed by atoms with E-state index in [2.05, 4.69) is 0 Å². The van der Waals surface area contributed by atoms with Crippen LogP contribution in [0, 0.1) is 6.92 Å². The van der Waals surface area contributed by atoms with E-state index in [1.54, 1.807) is 45.0 Å². The van der Waals surface area contributed by atoms with Crippen molar-refractivity contribution in [1.82, 2.24) is 0 Å². The molecule has 2 heterocycles. The highest BCUT2D eigenvalue weighted by molar-refractivity contribution is 6.20. The van der Waals surface area contributed by atoms with Gasteiger partial charge in [-0.2, -0.15) is 0 Å². The maximum Gasteiger partial charge on any atom is 0.223 e. The predicted molar refractivity (Wildman–Crippen MR) is 132 cm³/mol. The van der Waals surface area contributed by atoms with Crippen LogP contribution < -0.4 is 10.2 Å². The van der Waals surface area contributed by atoms with Crippen LogP contribution in [0.5, 0.6) is 5.75 Å². The van der Waals surface area contributed by atoms with Gasteiger partial charge in [0.2, 0.25) is 11.6 Å². The highest BCUT2D eigenvalue weighted by atomic mass is 16.8. The van der Waals surface area contributed by atoms with Gasteiger partial charge in [0.15, 0.2) is 16.8 Å². The molecule has 8 nitrogen and oxygen atoms in total. The Kier molecular flexibility index (Phi) is 5.46. The fourth-order valence-electron chi connectivity index (χ4n) is 5.67. The van der Waals surface area contributed by atoms with Crippen LogP contribution in [0.1, 0.15) is 66.1 Å². The number of fused-ring (bicyclic) bond motifs is 4. The smallest absolute Gasteiger partial charge is 0.223 e. The summed E-state index contributed by atoms with van der Waals surface area (Å²) in [5.41, 5.74) is 0.869. The van der Waals surface area contributed by atoms with E-state index in [0.29, 0.717) is 27.8 Å². The van der Waals surface area contributed by atoms with Gasteiger partial charge in [-0.05, 0) is 52.3 Å². The lowest BCUT2D eigenvalue weighted by atomic mass is 9.78. The van der Waals surface area contributed by atoms with Crippen molar-refractivity contribution in [2.45, 2.75) is 57.9 Å². The van der Waals surface area contributed by atoms with Crippen LogP contribution in [-0.4, -0.2) is 39.0 Å². The molecular weight excluding hydrogens is 464 g/mol. The number of ketones is 1. The standard InChI is InChI=1S/C28H30O8/c1-14-12-17-23(24(30)22-16(28(17,32-7)33-8)10-9-11-19(22)31-6)25-21(14)18(29)13-20(34-25)27(5)15(2)35-26(3,4)36-27/h9-13,15H,1-8H3. The Hall–Kier alpha value is -3.04. The molecule has 1 aromatic heterocycles. The van der Waals surface area contributed by atoms with Crippen molar-refractivity contribution in [2.75, 3.05) is 21.3 Å². The van der Waals surface area contributed by atoms with Crippen LogP contribution in [0.15, 0.2) is 39.5 Å². The Morgan fingerprint density at radius 2 is 1.64 bits per heavy atom. The third-order valence-electron chi connectivity index (χ3n) is 7.37. The average molecular weight is 495 g/mol. The van der Waals surface area contributed by atoms with Crippen LogP contribution >= 0.6 is 0 Å². The molecule has 0 saturated carbocycles. The van der Waals surface area contributed by atoms with Gasteiger partial charge in [-0.25, -0.2) is 0 Å². The number of ether oxygens (including phenoxy) is 5. The highest BCUT2D eigenvalue weighted by Crippen LogP contribution is 2.49. The summed E-state index contributed by atoms with van der Waals surface area (Å²) in [5.74, 6) is -2.02. The number of carbonyl (C=O) groups excluding carboxylic acids is 1. The summed E-state index contributed by atoms with van der Waals surface area (Å²) in [5, 5.41) is 0.305. The summed E-state index contributed by atoms with van der Waals surface area (Å²) in [4.78, 5) is 27.6. The molecule has 0 spiro atoms. The third-order valence-corrected chi connectivity index (χ3v) is 7.37. The van der Waals surface area contributed by atoms with Crippen molar-refractivity contribution >= 4 is 16.8 Å². The van der Waals surface area contributed by atoms with Gasteiger partial charge in [0.25, 0.3) is 0 Å². The quantitative estimate of drug-likeness (QED) is 0.488. The van der Waals surface area contributed by atoms with E-state index in [1.165, 1.54) is 27.4 Å². The molecule has 3 aromatic rings. The number of carbonyl (C=O) groups is 1. The van der Waals surface area contributed by atoms with Gasteiger partial charge >= 0.3 is 0 Å². The van der Waals surface area contributed by atoms with Gasteiger partial charge in [-0.15, -0.1) is 0 Å². The largest absolute Gasteiger partial charge is 0.496 e. The van der Waals surface area contributed by atoms with Gasteiger partial charge in [-0.1, -0.05) is 12.1 Å². The maximum atomic E-state index is 14.1. The van der Waals surface area contributed by atoms with Crippen molar-refractivity contribution in [3.63, 3.8) is 0 Å². The van der Waals surface area contributed by atoms with E-state index in [0.717, 1.165) is 0 Å². The maximum absolute atomic E-state index is 14.1. The highest BCUT2D eigenvalue weighted by Gasteiger charge is 2.52. The topological polar surface area (TPSA) is 93.4 Å². The molecule has 5 rings (SSSR count). The molecule has 1 saturated heterocycles. The van der Waals surface area contributed by atoms with Gasteiger partial charge in [0, 0.05) is 31.4 Å². The summed E-state index contributed by atoms with van der Waals surface area (Å²) in [6.45, 7) is 9.07. The first-order chi connectivity index (χ1) is 16.9. The molecule has 2 aliphatic rings. The van der Waals surface area contributed by atoms with Gasteiger partial charge < -0.3 is 28.1 Å². The fourth-order valence-corrected chi connectivity index (χ4v) is 5.67. The number of methoxy groups -OCH3 is 3. The van der Waals surface area contributed by atoms with Gasteiger partial charge in [0.1, 0.15) is 17.1 Å². The summed E-state index contributed by atoms with van der Waals surface area (Å²) in [7, 11) is 4.51. The molecule has 1 fully saturated rings. The number of benzene rings is 2. The van der Waals surface area contributed by atoms with Gasteiger partial charge in [0.05, 0.1) is 29.7 Å². The molecule has 0 radical (unpaired) electrons. The zero-order chi connectivity index (χ0) is 26.2. The van der Waals surface area contributed by atoms with Crippen molar-refractivity contribution in [2.24, 2.45) is 0 Å². The number of rotatable bonds is 4. The molecule has 190 valence electrons. The molecule has 0 bridgehead atoms. The molecular formula is C28H30O8. The monoisotopic (exact) mass is 494 g/mol. The second-order valence-corrected chi connectivity index (χ2v) is 9.90. The zero-order valence-electron chi connectivity index (χ0n) is 21.7. The molecule has 0 amide bonds. The SMILES string of the molecule is COc1cccc2c1C(=O)c1c(cc(C)c3c(=O)cc(C4(C)OC(C)(C)OC4C)oc13)C2(OC)OC. The second kappa shape index (κ2) is 7.98. The van der Waals surface area contributed by atoms with Crippen molar-refractivity contribution < 1.29 is 32.9 Å². The Balaban J connectivity index is 1.90. The number of hydrogen-bond donors (Lipinski definition) is 0. The minimum atomic E-state index is -1.42. The lowest BCUT2D eigenvalue weighted by Gasteiger charge is -2.38. The molecule has 36 heavy (non-hydrogen) atoms. The Morgan fingerprint density at radius 1 is 0.944 bits per heavy atom. The molecule has 0 N–H and O–H groups in total. The molecule has 1 aliphatic heterocycles. The lowest BCUT2D eigenvalue weighted by molar-refractivity contribution is -0.185. The summed E-state index contributed by atoms with van der Waals surface area (Å²) in [6.07, 6.45) is -0.415. The summed E-state index contributed by atoms with van der Waals surface area (Å²) in [6, 6.07) is 8.42. The van der Waals surface area contributed by atoms with E-state index in [9.17, 15) is 9.59 Å². The van der Waals surface area contributed by atoms with E-state index >= 15 is 0 Å². The van der Waals surface area contributed by atoms with Crippen molar-refractivity contribution in [1.29, 1.82) is 0 Å². The second-order valence-electron chi connectivity index (χ2n) is 9.90. The third kappa shape index (κ3) is 3.15. The van der Waals surface area contributed by atoms with E-state index < -0.39 is 23.3 Å². The van der Waals surface area contributed by atoms with Crippen LogP contribution in [-0.2, 0) is 30.3 Å². The first-order valence-corrected chi connectivity index (χ1v) is 11.8. The predicted octanol–water partition coefficient (Wildman–Crippen LogP) is 4.53. The Labute approximate surface area is 209 Å². The van der Waals surface area contributed by atoms with Crippen LogP contribution in [0.3, 0.4) is 0 Å². The molecule has 2 aromatic carbocycles. The first kappa shape index (κ1) is 24.6. The fraction of sp³-hybridized carbons (Fsp3) is 0.429. The lowest BCUT2D eigenvalue weighted by Crippen LogP contribution is -2.40. The minimum Gasteiger partial charge on any atom is -0.496 e.